The Kier molecular flexibility index (Phi) is 2.29. The smallest absolute Gasteiger partial charge is 0.251 e. The fourth-order valence-corrected chi connectivity index (χ4v) is 1.38. The quantitative estimate of drug-likeness (QED) is 0.786. The number of aromatic nitrogens is 2. The zero-order chi connectivity index (χ0) is 10.8. The van der Waals surface area contributed by atoms with Crippen LogP contribution in [0.4, 0.5) is 5.69 Å². The van der Waals surface area contributed by atoms with Crippen LogP contribution in [0.2, 0.25) is 0 Å². The van der Waals surface area contributed by atoms with Crippen LogP contribution < -0.4 is 11.3 Å². The summed E-state index contributed by atoms with van der Waals surface area (Å²) in [6.45, 7) is 2.24. The van der Waals surface area contributed by atoms with Gasteiger partial charge in [0.15, 0.2) is 0 Å². The molecule has 0 bridgehead atoms. The van der Waals surface area contributed by atoms with Gasteiger partial charge in [0.1, 0.15) is 6.26 Å². The zero-order valence-electron chi connectivity index (χ0n) is 8.30. The number of nitrogen functional groups attached to an aromatic ring is 1. The zero-order valence-corrected chi connectivity index (χ0v) is 8.30. The Hall–Kier alpha value is -2.04. The molecule has 2 aromatic heterocycles. The van der Waals surface area contributed by atoms with Gasteiger partial charge in [0.25, 0.3) is 5.56 Å². The Morgan fingerprint density at radius 1 is 1.53 bits per heavy atom. The molecular weight excluding hydrogens is 194 g/mol. The normalized spacial score (nSPS) is 10.5. The van der Waals surface area contributed by atoms with Crippen LogP contribution in [0.3, 0.4) is 0 Å². The van der Waals surface area contributed by atoms with E-state index in [4.69, 9.17) is 10.3 Å². The summed E-state index contributed by atoms with van der Waals surface area (Å²) in [5.74, 6) is 0. The van der Waals surface area contributed by atoms with Gasteiger partial charge in [-0.05, 0) is 13.0 Å². The third kappa shape index (κ3) is 1.76. The van der Waals surface area contributed by atoms with Gasteiger partial charge in [0.2, 0.25) is 0 Å². The number of rotatable bonds is 2. The largest absolute Gasteiger partial charge is 0.397 e. The molecule has 0 amide bonds. The number of nitrogens with zero attached hydrogens (tertiary/aromatic N) is 2. The molecule has 0 spiro atoms. The lowest BCUT2D eigenvalue weighted by atomic mass is 10.3. The molecule has 0 aromatic carbocycles. The maximum absolute atomic E-state index is 11.6. The molecule has 5 nitrogen and oxygen atoms in total. The van der Waals surface area contributed by atoms with Gasteiger partial charge in [-0.15, -0.1) is 0 Å². The van der Waals surface area contributed by atoms with Crippen LogP contribution in [0.5, 0.6) is 0 Å². The van der Waals surface area contributed by atoms with Crippen LogP contribution in [0.15, 0.2) is 33.9 Å². The van der Waals surface area contributed by atoms with Crippen molar-refractivity contribution in [3.8, 4) is 0 Å². The van der Waals surface area contributed by atoms with E-state index in [0.29, 0.717) is 12.2 Å². The van der Waals surface area contributed by atoms with E-state index < -0.39 is 0 Å². The molecule has 0 fully saturated rings. The van der Waals surface area contributed by atoms with Crippen molar-refractivity contribution >= 4 is 5.69 Å². The highest BCUT2D eigenvalue weighted by atomic mass is 16.5. The molecule has 0 atom stereocenters. The van der Waals surface area contributed by atoms with Crippen molar-refractivity contribution in [2.75, 3.05) is 5.73 Å². The molecule has 78 valence electrons. The predicted octanol–water partition coefficient (Wildman–Crippen LogP) is 0.775. The van der Waals surface area contributed by atoms with Crippen molar-refractivity contribution < 1.29 is 4.52 Å². The van der Waals surface area contributed by atoms with Crippen molar-refractivity contribution in [1.82, 2.24) is 9.72 Å². The van der Waals surface area contributed by atoms with Gasteiger partial charge >= 0.3 is 0 Å². The summed E-state index contributed by atoms with van der Waals surface area (Å²) in [5, 5.41) is 3.58. The Morgan fingerprint density at radius 2 is 2.33 bits per heavy atom. The first-order valence-corrected chi connectivity index (χ1v) is 4.52. The van der Waals surface area contributed by atoms with E-state index in [0.717, 1.165) is 11.3 Å². The second-order valence-electron chi connectivity index (χ2n) is 3.33. The van der Waals surface area contributed by atoms with Crippen molar-refractivity contribution in [3.63, 3.8) is 0 Å². The predicted molar refractivity (Wildman–Crippen MR) is 55.5 cm³/mol. The molecule has 0 radical (unpaired) electrons. The highest BCUT2D eigenvalue weighted by Crippen LogP contribution is 2.08. The first-order valence-electron chi connectivity index (χ1n) is 4.52. The first kappa shape index (κ1) is 9.51. The second-order valence-corrected chi connectivity index (χ2v) is 3.33. The van der Waals surface area contributed by atoms with Crippen LogP contribution >= 0.6 is 0 Å². The number of hydrogen-bond donors (Lipinski definition) is 1. The molecule has 2 rings (SSSR count). The molecule has 0 aliphatic carbocycles. The maximum Gasteiger partial charge on any atom is 0.251 e. The third-order valence-electron chi connectivity index (χ3n) is 2.32. The Labute approximate surface area is 86.1 Å². The summed E-state index contributed by atoms with van der Waals surface area (Å²) in [4.78, 5) is 11.6. The summed E-state index contributed by atoms with van der Waals surface area (Å²) in [7, 11) is 0. The minimum atomic E-state index is -0.0806. The summed E-state index contributed by atoms with van der Waals surface area (Å²) in [5.41, 5.74) is 7.83. The van der Waals surface area contributed by atoms with E-state index in [-0.39, 0.29) is 5.56 Å². The van der Waals surface area contributed by atoms with Crippen molar-refractivity contribution in [2.45, 2.75) is 13.5 Å². The van der Waals surface area contributed by atoms with E-state index in [9.17, 15) is 4.79 Å². The minimum absolute atomic E-state index is 0.0806. The summed E-state index contributed by atoms with van der Waals surface area (Å²) >= 11 is 0. The Bertz CT molecular complexity index is 514. The van der Waals surface area contributed by atoms with Gasteiger partial charge in [-0.25, -0.2) is 0 Å². The number of anilines is 1. The lowest BCUT2D eigenvalue weighted by Crippen LogP contribution is -2.22. The molecule has 0 saturated carbocycles. The number of nitrogens with two attached hydrogens (primary N) is 1. The topological polar surface area (TPSA) is 74.1 Å². The number of hydrogen-bond acceptors (Lipinski definition) is 4. The maximum atomic E-state index is 11.6. The van der Waals surface area contributed by atoms with Gasteiger partial charge in [0, 0.05) is 17.3 Å². The van der Waals surface area contributed by atoms with Crippen LogP contribution in [0, 0.1) is 6.92 Å². The summed E-state index contributed by atoms with van der Waals surface area (Å²) < 4.78 is 6.29. The third-order valence-corrected chi connectivity index (χ3v) is 2.32. The van der Waals surface area contributed by atoms with Crippen LogP contribution in [0.1, 0.15) is 11.3 Å². The molecular formula is C10H11N3O2. The van der Waals surface area contributed by atoms with E-state index in [1.807, 2.05) is 6.92 Å². The fraction of sp³-hybridized carbons (Fsp3) is 0.200. The molecule has 2 heterocycles. The fourth-order valence-electron chi connectivity index (χ4n) is 1.38. The first-order chi connectivity index (χ1) is 7.18. The van der Waals surface area contributed by atoms with Gasteiger partial charge in [-0.1, -0.05) is 5.16 Å². The summed E-state index contributed by atoms with van der Waals surface area (Å²) in [6, 6.07) is 3.07. The van der Waals surface area contributed by atoms with Crippen molar-refractivity contribution in [2.24, 2.45) is 0 Å². The second kappa shape index (κ2) is 3.61. The summed E-state index contributed by atoms with van der Waals surface area (Å²) in [6.07, 6.45) is 3.09. The molecule has 0 saturated heterocycles. The molecule has 2 aromatic rings. The van der Waals surface area contributed by atoms with Crippen LogP contribution in [0.25, 0.3) is 0 Å². The van der Waals surface area contributed by atoms with Gasteiger partial charge in [-0.3, -0.25) is 4.79 Å². The number of pyridine rings is 1. The monoisotopic (exact) mass is 205 g/mol. The van der Waals surface area contributed by atoms with E-state index in [2.05, 4.69) is 5.16 Å². The lowest BCUT2D eigenvalue weighted by molar-refractivity contribution is 0.418. The van der Waals surface area contributed by atoms with Gasteiger partial charge < -0.3 is 14.8 Å². The van der Waals surface area contributed by atoms with Gasteiger partial charge in [-0.2, -0.15) is 0 Å². The Morgan fingerprint density at radius 3 is 3.00 bits per heavy atom. The SMILES string of the molecule is Cc1c(N)ccc(=O)n1Cc1cnoc1. The van der Waals surface area contributed by atoms with E-state index in [1.54, 1.807) is 16.8 Å². The van der Waals surface area contributed by atoms with E-state index in [1.165, 1.54) is 12.3 Å². The average molecular weight is 205 g/mol. The molecule has 0 aliphatic rings. The molecule has 5 heteroatoms. The molecule has 2 N–H and O–H groups in total. The minimum Gasteiger partial charge on any atom is -0.397 e. The van der Waals surface area contributed by atoms with Gasteiger partial charge in [0.05, 0.1) is 18.4 Å². The van der Waals surface area contributed by atoms with Crippen molar-refractivity contribution in [1.29, 1.82) is 0 Å². The highest BCUT2D eigenvalue weighted by Gasteiger charge is 2.05. The Balaban J connectivity index is 2.44. The average Bonchev–Trinajstić information content (AvgIpc) is 2.71. The molecule has 15 heavy (non-hydrogen) atoms. The highest BCUT2D eigenvalue weighted by molar-refractivity contribution is 5.41. The lowest BCUT2D eigenvalue weighted by Gasteiger charge is -2.09. The van der Waals surface area contributed by atoms with Crippen LogP contribution in [-0.2, 0) is 6.54 Å². The molecule has 0 aliphatic heterocycles. The van der Waals surface area contributed by atoms with Crippen molar-refractivity contribution in [3.05, 3.63) is 46.2 Å². The van der Waals surface area contributed by atoms with E-state index >= 15 is 0 Å². The molecule has 0 unspecified atom stereocenters. The standard InChI is InChI=1S/C10H11N3O2/c1-7-9(11)2-3-10(14)13(7)5-8-4-12-15-6-8/h2-4,6H,5,11H2,1H3. The van der Waals surface area contributed by atoms with Crippen LogP contribution in [-0.4, -0.2) is 9.72 Å².